The summed E-state index contributed by atoms with van der Waals surface area (Å²) < 4.78 is 11.4. The molecule has 152 valence electrons. The minimum absolute atomic E-state index is 0.00904. The van der Waals surface area contributed by atoms with Gasteiger partial charge in [-0.25, -0.2) is 10.1 Å². The molecule has 4 rings (SSSR count). The highest BCUT2D eigenvalue weighted by Crippen LogP contribution is 2.28. The molecule has 0 unspecified atom stereocenters. The molecule has 0 saturated heterocycles. The van der Waals surface area contributed by atoms with Crippen LogP contribution in [0.3, 0.4) is 0 Å². The molecular weight excluding hydrogens is 408 g/mol. The highest BCUT2D eigenvalue weighted by atomic mass is 32.1. The molecule has 0 saturated carbocycles. The fourth-order valence-electron chi connectivity index (χ4n) is 2.63. The Morgan fingerprint density at radius 1 is 1.33 bits per heavy atom. The van der Waals surface area contributed by atoms with Crippen LogP contribution in [0.4, 0.5) is 5.82 Å². The fraction of sp³-hybridized carbons (Fsp3) is 0.111. The number of nitrogens with two attached hydrogens (primary N) is 1. The SMILES string of the molecule is CCOc1ccc(-c2c(C(=O)N/N=C/c3cccs3)nnn2-c2nonc2N)cc1. The highest BCUT2D eigenvalue weighted by Gasteiger charge is 2.25. The third-order valence-corrected chi connectivity index (χ3v) is 4.73. The molecule has 1 aromatic carbocycles. The van der Waals surface area contributed by atoms with E-state index in [1.54, 1.807) is 30.5 Å². The van der Waals surface area contributed by atoms with E-state index >= 15 is 0 Å². The standard InChI is InChI=1S/C18H16N8O3S/c1-2-28-12-7-5-11(6-8-12)15-14(18(27)22-20-10-13-4-3-9-30-13)21-25-26(15)17-16(19)23-29-24-17/h3-10H,2H2,1H3,(H2,19,23)(H,22,27)/b20-10+. The lowest BCUT2D eigenvalue weighted by Gasteiger charge is -2.07. The van der Waals surface area contributed by atoms with Crippen LogP contribution >= 0.6 is 11.3 Å². The molecule has 0 spiro atoms. The van der Waals surface area contributed by atoms with Crippen LogP contribution in [-0.2, 0) is 0 Å². The van der Waals surface area contributed by atoms with Crippen LogP contribution < -0.4 is 15.9 Å². The summed E-state index contributed by atoms with van der Waals surface area (Å²) in [5.41, 5.74) is 9.28. The van der Waals surface area contributed by atoms with E-state index in [0.29, 0.717) is 23.6 Å². The molecule has 0 atom stereocenters. The predicted octanol–water partition coefficient (Wildman–Crippen LogP) is 2.12. The van der Waals surface area contributed by atoms with Crippen molar-refractivity contribution < 1.29 is 14.2 Å². The zero-order chi connectivity index (χ0) is 20.9. The zero-order valence-corrected chi connectivity index (χ0v) is 16.5. The van der Waals surface area contributed by atoms with Crippen molar-refractivity contribution >= 4 is 29.3 Å². The van der Waals surface area contributed by atoms with Gasteiger partial charge in [0.25, 0.3) is 5.91 Å². The fourth-order valence-corrected chi connectivity index (χ4v) is 3.21. The molecule has 0 aliphatic heterocycles. The molecular formula is C18H16N8O3S. The molecule has 12 heteroatoms. The maximum absolute atomic E-state index is 12.8. The van der Waals surface area contributed by atoms with E-state index in [1.165, 1.54) is 16.0 Å². The Hall–Kier alpha value is -4.06. The molecule has 1 amide bonds. The lowest BCUT2D eigenvalue weighted by atomic mass is 10.1. The zero-order valence-electron chi connectivity index (χ0n) is 15.7. The second kappa shape index (κ2) is 8.53. The van der Waals surface area contributed by atoms with Gasteiger partial charge in [0.2, 0.25) is 11.6 Å². The van der Waals surface area contributed by atoms with Gasteiger partial charge in [0, 0.05) is 10.4 Å². The van der Waals surface area contributed by atoms with Gasteiger partial charge in [-0.2, -0.15) is 9.78 Å². The Kier molecular flexibility index (Phi) is 5.48. The van der Waals surface area contributed by atoms with E-state index in [4.69, 9.17) is 10.5 Å². The van der Waals surface area contributed by atoms with Gasteiger partial charge < -0.3 is 10.5 Å². The Bertz CT molecular complexity index is 1160. The number of aromatic nitrogens is 5. The first kappa shape index (κ1) is 19.3. The van der Waals surface area contributed by atoms with Gasteiger partial charge in [-0.3, -0.25) is 4.79 Å². The molecule has 3 heterocycles. The van der Waals surface area contributed by atoms with Crippen LogP contribution in [-0.4, -0.2) is 44.0 Å². The number of nitrogen functional groups attached to an aromatic ring is 1. The summed E-state index contributed by atoms with van der Waals surface area (Å²) in [6.45, 7) is 2.43. The molecule has 4 aromatic rings. The molecule has 3 N–H and O–H groups in total. The van der Waals surface area contributed by atoms with Crippen LogP contribution in [0, 0.1) is 0 Å². The summed E-state index contributed by atoms with van der Waals surface area (Å²) in [5, 5.41) is 21.2. The summed E-state index contributed by atoms with van der Waals surface area (Å²) in [7, 11) is 0. The quantitative estimate of drug-likeness (QED) is 0.339. The Morgan fingerprint density at radius 3 is 2.83 bits per heavy atom. The molecule has 0 aliphatic rings. The minimum Gasteiger partial charge on any atom is -0.494 e. The smallest absolute Gasteiger partial charge is 0.294 e. The second-order valence-corrected chi connectivity index (χ2v) is 6.82. The van der Waals surface area contributed by atoms with Gasteiger partial charge in [0.1, 0.15) is 11.4 Å². The normalized spacial score (nSPS) is 11.1. The van der Waals surface area contributed by atoms with E-state index < -0.39 is 5.91 Å². The lowest BCUT2D eigenvalue weighted by Crippen LogP contribution is -2.19. The van der Waals surface area contributed by atoms with Crippen LogP contribution in [0.25, 0.3) is 17.1 Å². The monoisotopic (exact) mass is 424 g/mol. The minimum atomic E-state index is -0.548. The topological polar surface area (TPSA) is 146 Å². The number of nitrogens with one attached hydrogen (secondary N) is 1. The number of benzene rings is 1. The summed E-state index contributed by atoms with van der Waals surface area (Å²) in [4.78, 5) is 13.6. The third kappa shape index (κ3) is 3.89. The number of carbonyl (C=O) groups is 1. The highest BCUT2D eigenvalue weighted by molar-refractivity contribution is 7.11. The summed E-state index contributed by atoms with van der Waals surface area (Å²) in [5.74, 6) is 0.268. The number of rotatable bonds is 7. The number of amides is 1. The van der Waals surface area contributed by atoms with Crippen LogP contribution in [0.5, 0.6) is 5.75 Å². The van der Waals surface area contributed by atoms with E-state index in [1.807, 2.05) is 24.4 Å². The van der Waals surface area contributed by atoms with Gasteiger partial charge in [0.15, 0.2) is 5.69 Å². The first-order valence-corrected chi connectivity index (χ1v) is 9.69. The molecule has 30 heavy (non-hydrogen) atoms. The van der Waals surface area contributed by atoms with Gasteiger partial charge in [-0.15, -0.1) is 16.4 Å². The number of carbonyl (C=O) groups excluding carboxylic acids is 1. The average molecular weight is 424 g/mol. The van der Waals surface area contributed by atoms with E-state index in [-0.39, 0.29) is 17.3 Å². The van der Waals surface area contributed by atoms with Crippen LogP contribution in [0.2, 0.25) is 0 Å². The van der Waals surface area contributed by atoms with Gasteiger partial charge in [-0.05, 0) is 52.9 Å². The van der Waals surface area contributed by atoms with E-state index in [2.05, 4.69) is 35.8 Å². The first-order valence-electron chi connectivity index (χ1n) is 8.81. The molecule has 0 bridgehead atoms. The average Bonchev–Trinajstić information content (AvgIpc) is 3.49. The molecule has 11 nitrogen and oxygen atoms in total. The lowest BCUT2D eigenvalue weighted by molar-refractivity contribution is 0.0950. The number of ether oxygens (including phenoxy) is 1. The van der Waals surface area contributed by atoms with Crippen molar-refractivity contribution in [1.29, 1.82) is 0 Å². The first-order chi connectivity index (χ1) is 14.7. The Morgan fingerprint density at radius 2 is 2.17 bits per heavy atom. The van der Waals surface area contributed by atoms with Crippen molar-refractivity contribution in [2.75, 3.05) is 12.3 Å². The third-order valence-electron chi connectivity index (χ3n) is 3.92. The van der Waals surface area contributed by atoms with Crippen molar-refractivity contribution in [3.05, 3.63) is 52.3 Å². The molecule has 0 radical (unpaired) electrons. The number of nitrogens with zero attached hydrogens (tertiary/aromatic N) is 6. The van der Waals surface area contributed by atoms with Crippen LogP contribution in [0.15, 0.2) is 51.5 Å². The number of thiophene rings is 1. The number of hydrogen-bond donors (Lipinski definition) is 2. The van der Waals surface area contributed by atoms with E-state index in [9.17, 15) is 4.79 Å². The van der Waals surface area contributed by atoms with Gasteiger partial charge >= 0.3 is 0 Å². The molecule has 3 aromatic heterocycles. The Labute approximate surface area is 174 Å². The van der Waals surface area contributed by atoms with Crippen molar-refractivity contribution in [1.82, 2.24) is 30.7 Å². The largest absolute Gasteiger partial charge is 0.494 e. The maximum atomic E-state index is 12.8. The van der Waals surface area contributed by atoms with Gasteiger partial charge in [0.05, 0.1) is 12.8 Å². The predicted molar refractivity (Wildman–Crippen MR) is 110 cm³/mol. The Balaban J connectivity index is 1.70. The maximum Gasteiger partial charge on any atom is 0.294 e. The van der Waals surface area contributed by atoms with Crippen LogP contribution in [0.1, 0.15) is 22.3 Å². The summed E-state index contributed by atoms with van der Waals surface area (Å²) in [6.07, 6.45) is 1.54. The van der Waals surface area contributed by atoms with Gasteiger partial charge in [-0.1, -0.05) is 11.3 Å². The number of hydrazone groups is 1. The van der Waals surface area contributed by atoms with Crippen molar-refractivity contribution in [3.63, 3.8) is 0 Å². The summed E-state index contributed by atoms with van der Waals surface area (Å²) in [6, 6.07) is 10.9. The molecule has 0 aliphatic carbocycles. The van der Waals surface area contributed by atoms with Crippen molar-refractivity contribution in [3.8, 4) is 22.8 Å². The van der Waals surface area contributed by atoms with Crippen molar-refractivity contribution in [2.45, 2.75) is 6.92 Å². The van der Waals surface area contributed by atoms with E-state index in [0.717, 1.165) is 4.88 Å². The summed E-state index contributed by atoms with van der Waals surface area (Å²) >= 11 is 1.50. The molecule has 0 fully saturated rings. The number of anilines is 1. The van der Waals surface area contributed by atoms with Crippen molar-refractivity contribution in [2.24, 2.45) is 5.10 Å². The number of hydrogen-bond acceptors (Lipinski definition) is 10. The second-order valence-electron chi connectivity index (χ2n) is 5.84.